The Morgan fingerprint density at radius 3 is 2.50 bits per heavy atom. The quantitative estimate of drug-likeness (QED) is 0.510. The SMILES string of the molecule is Cc1ccc(CCC(=O)Nc2nc(-c3ccc([N+](=O)[O-])cc3)cs2)cc1. The summed E-state index contributed by atoms with van der Waals surface area (Å²) in [7, 11) is 0. The van der Waals surface area contributed by atoms with Crippen molar-refractivity contribution in [3.05, 3.63) is 75.2 Å². The summed E-state index contributed by atoms with van der Waals surface area (Å²) < 4.78 is 0. The van der Waals surface area contributed by atoms with Gasteiger partial charge in [-0.2, -0.15) is 0 Å². The van der Waals surface area contributed by atoms with Gasteiger partial charge in [-0.1, -0.05) is 29.8 Å². The number of rotatable bonds is 6. The van der Waals surface area contributed by atoms with Crippen molar-refractivity contribution in [2.24, 2.45) is 0 Å². The van der Waals surface area contributed by atoms with Crippen LogP contribution in [0.5, 0.6) is 0 Å². The molecular weight excluding hydrogens is 350 g/mol. The lowest BCUT2D eigenvalue weighted by molar-refractivity contribution is -0.384. The van der Waals surface area contributed by atoms with Gasteiger partial charge >= 0.3 is 0 Å². The normalized spacial score (nSPS) is 10.5. The number of benzene rings is 2. The molecule has 0 unspecified atom stereocenters. The third kappa shape index (κ3) is 4.52. The summed E-state index contributed by atoms with van der Waals surface area (Å²) >= 11 is 1.33. The average Bonchev–Trinajstić information content (AvgIpc) is 3.10. The maximum absolute atomic E-state index is 12.1. The van der Waals surface area contributed by atoms with Crippen LogP contribution in [-0.2, 0) is 11.2 Å². The zero-order chi connectivity index (χ0) is 18.5. The Hall–Kier alpha value is -3.06. The molecule has 7 heteroatoms. The second kappa shape index (κ2) is 7.88. The van der Waals surface area contributed by atoms with E-state index in [1.54, 1.807) is 12.1 Å². The van der Waals surface area contributed by atoms with Gasteiger partial charge in [0.1, 0.15) is 0 Å². The van der Waals surface area contributed by atoms with E-state index >= 15 is 0 Å². The van der Waals surface area contributed by atoms with E-state index < -0.39 is 4.92 Å². The van der Waals surface area contributed by atoms with Crippen molar-refractivity contribution in [1.82, 2.24) is 4.98 Å². The molecule has 0 bridgehead atoms. The summed E-state index contributed by atoms with van der Waals surface area (Å²) in [4.78, 5) is 26.7. The van der Waals surface area contributed by atoms with E-state index in [1.165, 1.54) is 29.0 Å². The molecule has 0 aliphatic carbocycles. The van der Waals surface area contributed by atoms with E-state index in [0.717, 1.165) is 11.1 Å². The third-order valence-electron chi connectivity index (χ3n) is 3.89. The van der Waals surface area contributed by atoms with Gasteiger partial charge in [0.2, 0.25) is 5.91 Å². The van der Waals surface area contributed by atoms with Crippen LogP contribution >= 0.6 is 11.3 Å². The molecule has 3 rings (SSSR count). The Labute approximate surface area is 154 Å². The first-order valence-electron chi connectivity index (χ1n) is 8.07. The monoisotopic (exact) mass is 367 g/mol. The van der Waals surface area contributed by atoms with Gasteiger partial charge in [-0.15, -0.1) is 11.3 Å². The zero-order valence-electron chi connectivity index (χ0n) is 14.1. The minimum absolute atomic E-state index is 0.0358. The lowest BCUT2D eigenvalue weighted by Crippen LogP contribution is -2.12. The van der Waals surface area contributed by atoms with Crippen LogP contribution < -0.4 is 5.32 Å². The molecule has 0 aliphatic rings. The van der Waals surface area contributed by atoms with Crippen LogP contribution in [0.4, 0.5) is 10.8 Å². The van der Waals surface area contributed by atoms with Crippen molar-refractivity contribution < 1.29 is 9.72 Å². The number of aromatic nitrogens is 1. The number of amides is 1. The standard InChI is InChI=1S/C19H17N3O3S/c1-13-2-4-14(5-3-13)6-11-18(23)21-19-20-17(12-26-19)15-7-9-16(10-8-15)22(24)25/h2-5,7-10,12H,6,11H2,1H3,(H,20,21,23). The van der Waals surface area contributed by atoms with E-state index in [9.17, 15) is 14.9 Å². The number of nitrogens with zero attached hydrogens (tertiary/aromatic N) is 2. The van der Waals surface area contributed by atoms with Crippen molar-refractivity contribution in [2.45, 2.75) is 19.8 Å². The van der Waals surface area contributed by atoms with Crippen LogP contribution in [0.25, 0.3) is 11.3 Å². The van der Waals surface area contributed by atoms with Crippen molar-refractivity contribution in [3.63, 3.8) is 0 Å². The zero-order valence-corrected chi connectivity index (χ0v) is 15.0. The summed E-state index contributed by atoms with van der Waals surface area (Å²) in [5.74, 6) is -0.0878. The first kappa shape index (κ1) is 17.8. The molecule has 0 atom stereocenters. The van der Waals surface area contributed by atoms with Gasteiger partial charge in [0.15, 0.2) is 5.13 Å². The number of hydrogen-bond donors (Lipinski definition) is 1. The number of anilines is 1. The predicted octanol–water partition coefficient (Wildman–Crippen LogP) is 4.60. The van der Waals surface area contributed by atoms with Crippen LogP contribution in [0.2, 0.25) is 0 Å². The van der Waals surface area contributed by atoms with E-state index in [1.807, 2.05) is 36.6 Å². The average molecular weight is 367 g/mol. The number of non-ortho nitro benzene ring substituents is 1. The topological polar surface area (TPSA) is 85.1 Å². The number of thiazole rings is 1. The molecule has 1 aromatic heterocycles. The summed E-state index contributed by atoms with van der Waals surface area (Å²) in [6.45, 7) is 2.03. The summed E-state index contributed by atoms with van der Waals surface area (Å²) in [6, 6.07) is 14.3. The molecule has 0 spiro atoms. The van der Waals surface area contributed by atoms with Crippen molar-refractivity contribution in [2.75, 3.05) is 5.32 Å². The number of nitro groups is 1. The molecule has 0 aliphatic heterocycles. The van der Waals surface area contributed by atoms with E-state index in [2.05, 4.69) is 10.3 Å². The van der Waals surface area contributed by atoms with Crippen LogP contribution in [-0.4, -0.2) is 15.8 Å². The highest BCUT2D eigenvalue weighted by atomic mass is 32.1. The second-order valence-electron chi connectivity index (χ2n) is 5.88. The van der Waals surface area contributed by atoms with Crippen LogP contribution in [0, 0.1) is 17.0 Å². The molecule has 132 valence electrons. The largest absolute Gasteiger partial charge is 0.302 e. The number of hydrogen-bond acceptors (Lipinski definition) is 5. The summed E-state index contributed by atoms with van der Waals surface area (Å²) in [5, 5.41) is 15.8. The Bertz CT molecular complexity index is 918. The van der Waals surface area contributed by atoms with Gasteiger partial charge in [0.25, 0.3) is 5.69 Å². The van der Waals surface area contributed by atoms with Crippen molar-refractivity contribution in [1.29, 1.82) is 0 Å². The molecule has 0 saturated heterocycles. The summed E-state index contributed by atoms with van der Waals surface area (Å²) in [6.07, 6.45) is 1.06. The fourth-order valence-corrected chi connectivity index (χ4v) is 3.15. The molecule has 1 heterocycles. The lowest BCUT2D eigenvalue weighted by atomic mass is 10.1. The number of nitro benzene ring substituents is 1. The molecular formula is C19H17N3O3S. The van der Waals surface area contributed by atoms with Crippen LogP contribution in [0.1, 0.15) is 17.5 Å². The van der Waals surface area contributed by atoms with Crippen molar-refractivity contribution in [3.8, 4) is 11.3 Å². The van der Waals surface area contributed by atoms with Crippen LogP contribution in [0.15, 0.2) is 53.9 Å². The molecule has 0 radical (unpaired) electrons. The molecule has 2 aromatic carbocycles. The Balaban J connectivity index is 1.58. The van der Waals surface area contributed by atoms with E-state index in [0.29, 0.717) is 23.7 Å². The smallest absolute Gasteiger partial charge is 0.269 e. The second-order valence-corrected chi connectivity index (χ2v) is 6.73. The third-order valence-corrected chi connectivity index (χ3v) is 4.64. The maximum Gasteiger partial charge on any atom is 0.269 e. The highest BCUT2D eigenvalue weighted by molar-refractivity contribution is 7.14. The highest BCUT2D eigenvalue weighted by Gasteiger charge is 2.10. The number of nitrogens with one attached hydrogen (secondary N) is 1. The number of carbonyl (C=O) groups excluding carboxylic acids is 1. The molecule has 0 saturated carbocycles. The summed E-state index contributed by atoms with van der Waals surface area (Å²) in [5.41, 5.74) is 3.80. The maximum atomic E-state index is 12.1. The van der Waals surface area contributed by atoms with Gasteiger partial charge in [-0.3, -0.25) is 14.9 Å². The lowest BCUT2D eigenvalue weighted by Gasteiger charge is -2.03. The van der Waals surface area contributed by atoms with Gasteiger partial charge < -0.3 is 5.32 Å². The predicted molar refractivity (Wildman–Crippen MR) is 102 cm³/mol. The van der Waals surface area contributed by atoms with Gasteiger partial charge in [-0.25, -0.2) is 4.98 Å². The van der Waals surface area contributed by atoms with Crippen LogP contribution in [0.3, 0.4) is 0 Å². The number of aryl methyl sites for hydroxylation is 2. The Kier molecular flexibility index (Phi) is 5.38. The molecule has 1 N–H and O–H groups in total. The fraction of sp³-hybridized carbons (Fsp3) is 0.158. The number of carbonyl (C=O) groups is 1. The minimum atomic E-state index is -0.440. The van der Waals surface area contributed by atoms with E-state index in [-0.39, 0.29) is 11.6 Å². The van der Waals surface area contributed by atoms with E-state index in [4.69, 9.17) is 0 Å². The van der Waals surface area contributed by atoms with Crippen molar-refractivity contribution >= 4 is 28.1 Å². The molecule has 3 aromatic rings. The molecule has 26 heavy (non-hydrogen) atoms. The van der Waals surface area contributed by atoms with Gasteiger partial charge in [-0.05, 0) is 31.0 Å². The Morgan fingerprint density at radius 1 is 1.15 bits per heavy atom. The van der Waals surface area contributed by atoms with Gasteiger partial charge in [0, 0.05) is 29.5 Å². The minimum Gasteiger partial charge on any atom is -0.302 e. The Morgan fingerprint density at radius 2 is 1.85 bits per heavy atom. The highest BCUT2D eigenvalue weighted by Crippen LogP contribution is 2.26. The first-order valence-corrected chi connectivity index (χ1v) is 8.95. The van der Waals surface area contributed by atoms with Gasteiger partial charge in [0.05, 0.1) is 10.6 Å². The molecule has 1 amide bonds. The first-order chi connectivity index (χ1) is 12.5. The fourth-order valence-electron chi connectivity index (χ4n) is 2.41. The molecule has 6 nitrogen and oxygen atoms in total. The molecule has 0 fully saturated rings.